The van der Waals surface area contributed by atoms with Crippen molar-refractivity contribution in [2.24, 2.45) is 0 Å². The fraction of sp³-hybridized carbons (Fsp3) is 0.273. The van der Waals surface area contributed by atoms with Gasteiger partial charge in [0.1, 0.15) is 5.70 Å². The Morgan fingerprint density at radius 1 is 1.07 bits per heavy atom. The second-order valence-electron chi connectivity index (χ2n) is 6.56. The van der Waals surface area contributed by atoms with Gasteiger partial charge in [-0.3, -0.25) is 9.69 Å². The first kappa shape index (κ1) is 20.9. The van der Waals surface area contributed by atoms with Gasteiger partial charge < -0.3 is 14.8 Å². The van der Waals surface area contributed by atoms with Crippen molar-refractivity contribution in [3.05, 3.63) is 63.3 Å². The Morgan fingerprint density at radius 2 is 1.76 bits per heavy atom. The maximum atomic E-state index is 12.8. The van der Waals surface area contributed by atoms with E-state index in [9.17, 15) is 9.59 Å². The molecule has 3 amide bonds. The first-order chi connectivity index (χ1) is 13.9. The van der Waals surface area contributed by atoms with Gasteiger partial charge in [-0.15, -0.1) is 0 Å². The molecule has 2 aromatic carbocycles. The van der Waals surface area contributed by atoms with E-state index in [1.165, 1.54) is 4.90 Å². The van der Waals surface area contributed by atoms with Crippen LogP contribution in [0.1, 0.15) is 30.5 Å². The summed E-state index contributed by atoms with van der Waals surface area (Å²) in [5, 5.41) is 2.66. The molecule has 152 valence electrons. The lowest BCUT2D eigenvalue weighted by molar-refractivity contribution is -0.123. The van der Waals surface area contributed by atoms with E-state index in [0.717, 1.165) is 11.1 Å². The first-order valence-corrected chi connectivity index (χ1v) is 10.2. The van der Waals surface area contributed by atoms with Crippen LogP contribution in [-0.2, 0) is 11.3 Å². The second kappa shape index (κ2) is 9.13. The van der Waals surface area contributed by atoms with Crippen LogP contribution in [0.15, 0.2) is 46.6 Å². The summed E-state index contributed by atoms with van der Waals surface area (Å²) in [5.74, 6) is 0.821. The zero-order valence-corrected chi connectivity index (χ0v) is 18.2. The first-order valence-electron chi connectivity index (χ1n) is 9.42. The van der Waals surface area contributed by atoms with Crippen LogP contribution >= 0.6 is 15.9 Å². The van der Waals surface area contributed by atoms with Crippen molar-refractivity contribution in [3.8, 4) is 11.5 Å². The van der Waals surface area contributed by atoms with Gasteiger partial charge in [0, 0.05) is 0 Å². The molecular weight excluding hydrogens is 436 g/mol. The molecule has 0 aliphatic carbocycles. The zero-order valence-electron chi connectivity index (χ0n) is 16.6. The molecule has 1 saturated heterocycles. The topological polar surface area (TPSA) is 67.9 Å². The quantitative estimate of drug-likeness (QED) is 0.484. The fourth-order valence-corrected chi connectivity index (χ4v) is 3.55. The number of amides is 3. The van der Waals surface area contributed by atoms with Gasteiger partial charge in [-0.25, -0.2) is 4.79 Å². The largest absolute Gasteiger partial charge is 0.490 e. The molecule has 1 heterocycles. The number of carbonyl (C=O) groups is 2. The molecule has 0 bridgehead atoms. The van der Waals surface area contributed by atoms with Crippen molar-refractivity contribution in [2.75, 3.05) is 13.2 Å². The summed E-state index contributed by atoms with van der Waals surface area (Å²) in [6.07, 6.45) is 1.64. The Balaban J connectivity index is 1.86. The Hall–Kier alpha value is -2.80. The number of carbonyl (C=O) groups excluding carboxylic acids is 2. The minimum Gasteiger partial charge on any atom is -0.490 e. The SMILES string of the molecule is CCOc1cc(/C=C2/NC(=O)N(Cc3ccc(C)cc3)C2=O)cc(Br)c1OCC. The highest BCUT2D eigenvalue weighted by molar-refractivity contribution is 9.10. The number of rotatable bonds is 7. The van der Waals surface area contributed by atoms with Crippen LogP contribution in [0, 0.1) is 6.92 Å². The molecule has 1 aliphatic heterocycles. The van der Waals surface area contributed by atoms with Gasteiger partial charge in [0.25, 0.3) is 5.91 Å². The Kier molecular flexibility index (Phi) is 6.59. The number of nitrogens with one attached hydrogen (secondary N) is 1. The summed E-state index contributed by atoms with van der Waals surface area (Å²) in [5.41, 5.74) is 2.95. The van der Waals surface area contributed by atoms with Crippen LogP contribution in [0.3, 0.4) is 0 Å². The van der Waals surface area contributed by atoms with E-state index in [0.29, 0.717) is 34.7 Å². The Labute approximate surface area is 178 Å². The van der Waals surface area contributed by atoms with Gasteiger partial charge in [-0.2, -0.15) is 0 Å². The summed E-state index contributed by atoms with van der Waals surface area (Å²) >= 11 is 3.49. The molecule has 3 rings (SSSR count). The van der Waals surface area contributed by atoms with Crippen molar-refractivity contribution < 1.29 is 19.1 Å². The third-order valence-corrected chi connectivity index (χ3v) is 4.94. The maximum absolute atomic E-state index is 12.8. The van der Waals surface area contributed by atoms with Crippen molar-refractivity contribution in [3.63, 3.8) is 0 Å². The van der Waals surface area contributed by atoms with Crippen molar-refractivity contribution >= 4 is 33.9 Å². The van der Waals surface area contributed by atoms with Crippen LogP contribution in [-0.4, -0.2) is 30.1 Å². The lowest BCUT2D eigenvalue weighted by Crippen LogP contribution is -2.30. The van der Waals surface area contributed by atoms with Crippen LogP contribution in [0.4, 0.5) is 4.79 Å². The molecule has 0 radical (unpaired) electrons. The predicted molar refractivity (Wildman–Crippen MR) is 115 cm³/mol. The molecule has 1 aliphatic rings. The van der Waals surface area contributed by atoms with Crippen molar-refractivity contribution in [1.82, 2.24) is 10.2 Å². The number of imide groups is 1. The van der Waals surface area contributed by atoms with E-state index in [-0.39, 0.29) is 18.1 Å². The Morgan fingerprint density at radius 3 is 2.41 bits per heavy atom. The summed E-state index contributed by atoms with van der Waals surface area (Å²) in [7, 11) is 0. The third kappa shape index (κ3) is 4.79. The van der Waals surface area contributed by atoms with Gasteiger partial charge in [0.15, 0.2) is 11.5 Å². The molecule has 6 nitrogen and oxygen atoms in total. The number of urea groups is 1. The van der Waals surface area contributed by atoms with Gasteiger partial charge in [0.05, 0.1) is 24.2 Å². The average Bonchev–Trinajstić information content (AvgIpc) is 2.94. The number of ether oxygens (including phenoxy) is 2. The van der Waals surface area contributed by atoms with Gasteiger partial charge >= 0.3 is 6.03 Å². The lowest BCUT2D eigenvalue weighted by Gasteiger charge is -2.13. The van der Waals surface area contributed by atoms with Gasteiger partial charge in [0.2, 0.25) is 0 Å². The minimum atomic E-state index is -0.433. The molecular formula is C22H23BrN2O4. The van der Waals surface area contributed by atoms with E-state index in [1.54, 1.807) is 12.1 Å². The average molecular weight is 459 g/mol. The van der Waals surface area contributed by atoms with Crippen molar-refractivity contribution in [1.29, 1.82) is 0 Å². The van der Waals surface area contributed by atoms with E-state index in [1.807, 2.05) is 51.1 Å². The smallest absolute Gasteiger partial charge is 0.329 e. The van der Waals surface area contributed by atoms with Crippen LogP contribution in [0.25, 0.3) is 6.08 Å². The van der Waals surface area contributed by atoms with E-state index in [2.05, 4.69) is 21.2 Å². The molecule has 0 saturated carbocycles. The number of halogens is 1. The summed E-state index contributed by atoms with van der Waals surface area (Å²) < 4.78 is 12.0. The van der Waals surface area contributed by atoms with Gasteiger partial charge in [-0.05, 0) is 66.0 Å². The van der Waals surface area contributed by atoms with Crippen molar-refractivity contribution in [2.45, 2.75) is 27.3 Å². The zero-order chi connectivity index (χ0) is 21.0. The highest BCUT2D eigenvalue weighted by atomic mass is 79.9. The van der Waals surface area contributed by atoms with Crippen LogP contribution in [0.2, 0.25) is 0 Å². The number of hydrogen-bond donors (Lipinski definition) is 1. The van der Waals surface area contributed by atoms with Crippen LogP contribution < -0.4 is 14.8 Å². The number of hydrogen-bond acceptors (Lipinski definition) is 4. The third-order valence-electron chi connectivity index (χ3n) is 4.35. The molecule has 0 spiro atoms. The summed E-state index contributed by atoms with van der Waals surface area (Å²) in [6.45, 7) is 6.98. The normalized spacial score (nSPS) is 15.0. The highest BCUT2D eigenvalue weighted by Gasteiger charge is 2.33. The number of benzene rings is 2. The van der Waals surface area contributed by atoms with E-state index in [4.69, 9.17) is 9.47 Å². The lowest BCUT2D eigenvalue weighted by atomic mass is 10.1. The van der Waals surface area contributed by atoms with Crippen LogP contribution in [0.5, 0.6) is 11.5 Å². The second-order valence-corrected chi connectivity index (χ2v) is 7.42. The molecule has 0 atom stereocenters. The predicted octanol–water partition coefficient (Wildman–Crippen LogP) is 4.65. The monoisotopic (exact) mass is 458 g/mol. The number of nitrogens with zero attached hydrogens (tertiary/aromatic N) is 1. The fourth-order valence-electron chi connectivity index (χ4n) is 2.98. The number of aryl methyl sites for hydroxylation is 1. The minimum absolute atomic E-state index is 0.222. The van der Waals surface area contributed by atoms with E-state index < -0.39 is 6.03 Å². The molecule has 1 fully saturated rings. The van der Waals surface area contributed by atoms with E-state index >= 15 is 0 Å². The molecule has 29 heavy (non-hydrogen) atoms. The summed E-state index contributed by atoms with van der Waals surface area (Å²) in [6, 6.07) is 10.9. The molecule has 0 unspecified atom stereocenters. The molecule has 0 aromatic heterocycles. The molecule has 7 heteroatoms. The molecule has 2 aromatic rings. The Bertz CT molecular complexity index is 954. The molecule has 1 N–H and O–H groups in total. The summed E-state index contributed by atoms with van der Waals surface area (Å²) in [4.78, 5) is 26.3. The van der Waals surface area contributed by atoms with Gasteiger partial charge in [-0.1, -0.05) is 29.8 Å². The maximum Gasteiger partial charge on any atom is 0.329 e. The standard InChI is InChI=1S/C22H23BrN2O4/c1-4-28-19-12-16(10-17(23)20(19)29-5-2)11-18-21(26)25(22(27)24-18)13-15-8-6-14(3)7-9-15/h6-12H,4-5,13H2,1-3H3,(H,24,27)/b18-11+. The highest BCUT2D eigenvalue weighted by Crippen LogP contribution is 2.37.